The quantitative estimate of drug-likeness (QED) is 0.804. The van der Waals surface area contributed by atoms with E-state index in [1.807, 2.05) is 19.2 Å². The fourth-order valence-corrected chi connectivity index (χ4v) is 3.07. The average molecular weight is 333 g/mol. The van der Waals surface area contributed by atoms with Crippen LogP contribution in [0.3, 0.4) is 0 Å². The molecule has 18 heavy (non-hydrogen) atoms. The largest absolute Gasteiger partial charge is 0.352 e. The Labute approximate surface area is 121 Å². The number of thiophene rings is 1. The Kier molecular flexibility index (Phi) is 6.89. The maximum absolute atomic E-state index is 11.9. The van der Waals surface area contributed by atoms with Crippen LogP contribution in [-0.4, -0.2) is 18.0 Å². The van der Waals surface area contributed by atoms with Crippen molar-refractivity contribution in [3.63, 3.8) is 0 Å². The van der Waals surface area contributed by atoms with Gasteiger partial charge in [-0.25, -0.2) is 0 Å². The third-order valence-electron chi connectivity index (χ3n) is 2.71. The lowest BCUT2D eigenvalue weighted by Gasteiger charge is -2.17. The molecule has 1 aromatic rings. The number of carbonyl (C=O) groups is 1. The summed E-state index contributed by atoms with van der Waals surface area (Å²) in [5.41, 5.74) is 0. The van der Waals surface area contributed by atoms with Gasteiger partial charge in [0.15, 0.2) is 0 Å². The van der Waals surface area contributed by atoms with Crippen molar-refractivity contribution in [2.75, 3.05) is 0 Å². The second-order valence-corrected chi connectivity index (χ2v) is 6.44. The van der Waals surface area contributed by atoms with E-state index in [2.05, 4.69) is 39.6 Å². The highest BCUT2D eigenvalue weighted by atomic mass is 79.9. The summed E-state index contributed by atoms with van der Waals surface area (Å²) in [6.45, 7) is 6.80. The molecule has 0 saturated carbocycles. The van der Waals surface area contributed by atoms with E-state index in [0.29, 0.717) is 0 Å². The van der Waals surface area contributed by atoms with E-state index in [-0.39, 0.29) is 18.0 Å². The van der Waals surface area contributed by atoms with Gasteiger partial charge in [-0.3, -0.25) is 4.79 Å². The number of hydrogen-bond acceptors (Lipinski definition) is 3. The minimum atomic E-state index is -0.162. The molecule has 0 radical (unpaired) electrons. The summed E-state index contributed by atoms with van der Waals surface area (Å²) >= 11 is 5.11. The van der Waals surface area contributed by atoms with Gasteiger partial charge in [-0.15, -0.1) is 11.3 Å². The number of halogens is 1. The van der Waals surface area contributed by atoms with Crippen molar-refractivity contribution in [1.29, 1.82) is 0 Å². The molecule has 0 aliphatic heterocycles. The van der Waals surface area contributed by atoms with Gasteiger partial charge in [0, 0.05) is 27.3 Å². The monoisotopic (exact) mass is 332 g/mol. The van der Waals surface area contributed by atoms with Crippen LogP contribution < -0.4 is 10.6 Å². The van der Waals surface area contributed by atoms with Gasteiger partial charge < -0.3 is 10.6 Å². The summed E-state index contributed by atoms with van der Waals surface area (Å²) in [6.07, 6.45) is 2.11. The van der Waals surface area contributed by atoms with Gasteiger partial charge in [0.1, 0.15) is 0 Å². The highest BCUT2D eigenvalue weighted by molar-refractivity contribution is 9.10. The van der Waals surface area contributed by atoms with Gasteiger partial charge in [0.25, 0.3) is 0 Å². The molecule has 5 heteroatoms. The summed E-state index contributed by atoms with van der Waals surface area (Å²) in [6, 6.07) is 2.16. The van der Waals surface area contributed by atoms with Crippen LogP contribution in [0.1, 0.15) is 38.5 Å². The van der Waals surface area contributed by atoms with E-state index in [9.17, 15) is 4.79 Å². The molecule has 3 nitrogen and oxygen atoms in total. The second-order valence-electron chi connectivity index (χ2n) is 4.53. The number of hydrogen-bond donors (Lipinski definition) is 2. The Morgan fingerprint density at radius 1 is 1.50 bits per heavy atom. The highest BCUT2D eigenvalue weighted by Gasteiger charge is 2.14. The van der Waals surface area contributed by atoms with Crippen molar-refractivity contribution in [3.05, 3.63) is 20.8 Å². The predicted molar refractivity (Wildman–Crippen MR) is 80.8 cm³/mol. The number of rotatable bonds is 7. The molecule has 0 fully saturated rings. The minimum Gasteiger partial charge on any atom is -0.352 e. The Hall–Kier alpha value is -0.390. The Morgan fingerprint density at radius 3 is 2.78 bits per heavy atom. The van der Waals surface area contributed by atoms with Crippen LogP contribution in [0.2, 0.25) is 0 Å². The van der Waals surface area contributed by atoms with Crippen LogP contribution in [0.15, 0.2) is 15.9 Å². The van der Waals surface area contributed by atoms with Gasteiger partial charge in [-0.1, -0.05) is 13.3 Å². The lowest BCUT2D eigenvalue weighted by atomic mass is 10.2. The maximum atomic E-state index is 11.9. The van der Waals surface area contributed by atoms with Crippen LogP contribution in [-0.2, 0) is 11.3 Å². The van der Waals surface area contributed by atoms with Crippen molar-refractivity contribution >= 4 is 33.2 Å². The molecule has 2 N–H and O–H groups in total. The van der Waals surface area contributed by atoms with Gasteiger partial charge in [0.2, 0.25) is 5.91 Å². The molecular weight excluding hydrogens is 312 g/mol. The molecule has 0 bridgehead atoms. The zero-order chi connectivity index (χ0) is 13.5. The Balaban J connectivity index is 2.31. The van der Waals surface area contributed by atoms with Crippen molar-refractivity contribution in [3.8, 4) is 0 Å². The minimum absolute atomic E-state index is 0.0755. The average Bonchev–Trinajstić information content (AvgIpc) is 2.72. The number of amides is 1. The van der Waals surface area contributed by atoms with Crippen molar-refractivity contribution in [1.82, 2.24) is 10.6 Å². The molecule has 0 aromatic carbocycles. The Bertz CT molecular complexity index is 381. The van der Waals surface area contributed by atoms with Crippen molar-refractivity contribution in [2.45, 2.75) is 52.2 Å². The molecule has 102 valence electrons. The Morgan fingerprint density at radius 2 is 2.22 bits per heavy atom. The normalized spacial score (nSPS) is 14.2. The van der Waals surface area contributed by atoms with Gasteiger partial charge in [0.05, 0.1) is 6.04 Å². The molecule has 0 aliphatic rings. The number of carbonyl (C=O) groups excluding carboxylic acids is 1. The van der Waals surface area contributed by atoms with E-state index >= 15 is 0 Å². The van der Waals surface area contributed by atoms with Crippen molar-refractivity contribution < 1.29 is 4.79 Å². The molecule has 0 spiro atoms. The molecule has 2 atom stereocenters. The van der Waals surface area contributed by atoms with Gasteiger partial charge in [-0.2, -0.15) is 0 Å². The first-order valence-corrected chi connectivity index (χ1v) is 7.96. The van der Waals surface area contributed by atoms with Crippen LogP contribution in [0.25, 0.3) is 0 Å². The first kappa shape index (κ1) is 15.7. The van der Waals surface area contributed by atoms with E-state index in [1.54, 1.807) is 11.3 Å². The summed E-state index contributed by atoms with van der Waals surface area (Å²) in [5, 5.41) is 8.30. The lowest BCUT2D eigenvalue weighted by Crippen LogP contribution is -2.45. The smallest absolute Gasteiger partial charge is 0.237 e. The summed E-state index contributed by atoms with van der Waals surface area (Å²) in [5.74, 6) is 0.0755. The van der Waals surface area contributed by atoms with E-state index < -0.39 is 0 Å². The fraction of sp³-hybridized carbons (Fsp3) is 0.615. The summed E-state index contributed by atoms with van der Waals surface area (Å²) < 4.78 is 1.10. The lowest BCUT2D eigenvalue weighted by molar-refractivity contribution is -0.123. The molecule has 1 aromatic heterocycles. The van der Waals surface area contributed by atoms with Crippen LogP contribution >= 0.6 is 27.3 Å². The van der Waals surface area contributed by atoms with E-state index in [0.717, 1.165) is 23.9 Å². The van der Waals surface area contributed by atoms with E-state index in [1.165, 1.54) is 4.88 Å². The molecule has 1 rings (SSSR count). The molecular formula is C13H21BrN2OS. The standard InChI is InChI=1S/C13H21BrN2OS/c1-4-5-9(2)16-13(17)10(3)15-7-12-6-11(14)8-18-12/h6,8-10,15H,4-5,7H2,1-3H3,(H,16,17). The first-order chi connectivity index (χ1) is 8.52. The predicted octanol–water partition coefficient (Wildman–Crippen LogP) is 3.29. The maximum Gasteiger partial charge on any atom is 0.237 e. The van der Waals surface area contributed by atoms with Gasteiger partial charge >= 0.3 is 0 Å². The molecule has 0 aliphatic carbocycles. The molecule has 1 amide bonds. The van der Waals surface area contributed by atoms with Crippen molar-refractivity contribution in [2.24, 2.45) is 0 Å². The molecule has 1 heterocycles. The first-order valence-electron chi connectivity index (χ1n) is 6.29. The van der Waals surface area contributed by atoms with E-state index in [4.69, 9.17) is 0 Å². The third-order valence-corrected chi connectivity index (χ3v) is 4.41. The summed E-state index contributed by atoms with van der Waals surface area (Å²) in [4.78, 5) is 13.1. The van der Waals surface area contributed by atoms with Crippen LogP contribution in [0.4, 0.5) is 0 Å². The second kappa shape index (κ2) is 7.92. The SMILES string of the molecule is CCCC(C)NC(=O)C(C)NCc1cc(Br)cs1. The molecule has 2 unspecified atom stereocenters. The van der Waals surface area contributed by atoms with Gasteiger partial charge in [-0.05, 0) is 42.3 Å². The summed E-state index contributed by atoms with van der Waals surface area (Å²) in [7, 11) is 0. The third kappa shape index (κ3) is 5.50. The zero-order valence-corrected chi connectivity index (χ0v) is 13.5. The van der Waals surface area contributed by atoms with Crippen LogP contribution in [0, 0.1) is 0 Å². The fourth-order valence-electron chi connectivity index (χ4n) is 1.67. The topological polar surface area (TPSA) is 41.1 Å². The number of nitrogens with one attached hydrogen (secondary N) is 2. The highest BCUT2D eigenvalue weighted by Crippen LogP contribution is 2.19. The zero-order valence-electron chi connectivity index (χ0n) is 11.1. The van der Waals surface area contributed by atoms with Crippen LogP contribution in [0.5, 0.6) is 0 Å². The molecule has 0 saturated heterocycles.